The van der Waals surface area contributed by atoms with Crippen LogP contribution >= 0.6 is 27.5 Å². The number of hydrogen-bond donors (Lipinski definition) is 0. The van der Waals surface area contributed by atoms with Crippen molar-refractivity contribution < 1.29 is 9.18 Å². The summed E-state index contributed by atoms with van der Waals surface area (Å²) in [6.07, 6.45) is 1.06. The molecule has 0 amide bonds. The van der Waals surface area contributed by atoms with Gasteiger partial charge in [0.25, 0.3) is 0 Å². The molecular formula is C10H9BrClFO. The maximum atomic E-state index is 13.4. The largest absolute Gasteiger partial charge is 0.303 e. The van der Waals surface area contributed by atoms with Crippen LogP contribution in [0.3, 0.4) is 0 Å². The van der Waals surface area contributed by atoms with Crippen molar-refractivity contribution in [2.75, 3.05) is 0 Å². The lowest BCUT2D eigenvalue weighted by Crippen LogP contribution is -2.00. The van der Waals surface area contributed by atoms with E-state index in [9.17, 15) is 9.18 Å². The molecule has 0 aromatic heterocycles. The highest BCUT2D eigenvalue weighted by Crippen LogP contribution is 2.34. The van der Waals surface area contributed by atoms with Crippen molar-refractivity contribution in [1.82, 2.24) is 0 Å². The SMILES string of the molecule is CC(CC=O)c1c(F)ccc(Cl)c1Br. The van der Waals surface area contributed by atoms with E-state index in [4.69, 9.17) is 11.6 Å². The van der Waals surface area contributed by atoms with Gasteiger partial charge in [-0.2, -0.15) is 0 Å². The highest BCUT2D eigenvalue weighted by atomic mass is 79.9. The minimum atomic E-state index is -0.337. The Kier molecular flexibility index (Phi) is 4.08. The Hall–Kier alpha value is -0.410. The van der Waals surface area contributed by atoms with Crippen LogP contribution in [-0.2, 0) is 4.79 Å². The molecule has 0 aliphatic carbocycles. The summed E-state index contributed by atoms with van der Waals surface area (Å²) < 4.78 is 13.9. The number of carbonyl (C=O) groups is 1. The van der Waals surface area contributed by atoms with Crippen LogP contribution in [0.5, 0.6) is 0 Å². The lowest BCUT2D eigenvalue weighted by Gasteiger charge is -2.12. The zero-order valence-electron chi connectivity index (χ0n) is 7.56. The Labute approximate surface area is 95.4 Å². The van der Waals surface area contributed by atoms with Crippen LogP contribution in [0.4, 0.5) is 4.39 Å². The molecule has 0 N–H and O–H groups in total. The molecule has 0 aliphatic heterocycles. The average molecular weight is 280 g/mol. The van der Waals surface area contributed by atoms with E-state index >= 15 is 0 Å². The smallest absolute Gasteiger partial charge is 0.127 e. The van der Waals surface area contributed by atoms with Crippen molar-refractivity contribution >= 4 is 33.8 Å². The van der Waals surface area contributed by atoms with Crippen LogP contribution in [0.25, 0.3) is 0 Å². The lowest BCUT2D eigenvalue weighted by molar-refractivity contribution is -0.108. The zero-order valence-corrected chi connectivity index (χ0v) is 9.90. The van der Waals surface area contributed by atoms with Gasteiger partial charge in [0.05, 0.1) is 5.02 Å². The summed E-state index contributed by atoms with van der Waals surface area (Å²) in [6, 6.07) is 2.79. The summed E-state index contributed by atoms with van der Waals surface area (Å²) in [7, 11) is 0. The van der Waals surface area contributed by atoms with E-state index in [2.05, 4.69) is 15.9 Å². The summed E-state index contributed by atoms with van der Waals surface area (Å²) in [5.74, 6) is -0.504. The Morgan fingerprint density at radius 3 is 2.86 bits per heavy atom. The lowest BCUT2D eigenvalue weighted by atomic mass is 9.98. The molecule has 1 atom stereocenters. The van der Waals surface area contributed by atoms with Crippen LogP contribution in [0, 0.1) is 5.82 Å². The first-order valence-corrected chi connectivity index (χ1v) is 5.32. The Bertz CT molecular complexity index is 354. The van der Waals surface area contributed by atoms with Crippen molar-refractivity contribution in [2.24, 2.45) is 0 Å². The van der Waals surface area contributed by atoms with Gasteiger partial charge in [-0.1, -0.05) is 18.5 Å². The summed E-state index contributed by atoms with van der Waals surface area (Å²) in [4.78, 5) is 10.3. The fourth-order valence-corrected chi connectivity index (χ4v) is 2.13. The first-order chi connectivity index (χ1) is 6.57. The van der Waals surface area contributed by atoms with E-state index in [0.29, 0.717) is 15.1 Å². The van der Waals surface area contributed by atoms with Gasteiger partial charge >= 0.3 is 0 Å². The molecule has 0 spiro atoms. The number of halogens is 3. The molecule has 14 heavy (non-hydrogen) atoms. The fraction of sp³-hybridized carbons (Fsp3) is 0.300. The summed E-state index contributed by atoms with van der Waals surface area (Å²) in [6.45, 7) is 1.79. The number of carbonyl (C=O) groups excluding carboxylic acids is 1. The summed E-state index contributed by atoms with van der Waals surface area (Å²) >= 11 is 9.04. The van der Waals surface area contributed by atoms with Crippen LogP contribution in [0.15, 0.2) is 16.6 Å². The average Bonchev–Trinajstić information content (AvgIpc) is 2.13. The molecule has 0 fully saturated rings. The monoisotopic (exact) mass is 278 g/mol. The molecule has 0 saturated heterocycles. The molecule has 1 unspecified atom stereocenters. The molecule has 4 heteroatoms. The van der Waals surface area contributed by atoms with Gasteiger partial charge in [-0.05, 0) is 34.0 Å². The Morgan fingerprint density at radius 2 is 2.29 bits per heavy atom. The van der Waals surface area contributed by atoms with E-state index < -0.39 is 0 Å². The van der Waals surface area contributed by atoms with Crippen molar-refractivity contribution in [3.05, 3.63) is 33.0 Å². The van der Waals surface area contributed by atoms with Gasteiger partial charge in [-0.25, -0.2) is 4.39 Å². The van der Waals surface area contributed by atoms with Gasteiger partial charge in [-0.3, -0.25) is 0 Å². The minimum Gasteiger partial charge on any atom is -0.303 e. The molecule has 0 radical (unpaired) electrons. The maximum Gasteiger partial charge on any atom is 0.127 e. The molecule has 0 aliphatic rings. The molecule has 1 aromatic carbocycles. The molecule has 0 saturated carbocycles. The van der Waals surface area contributed by atoms with Crippen molar-refractivity contribution in [2.45, 2.75) is 19.3 Å². The number of aldehydes is 1. The molecule has 1 aromatic rings. The van der Waals surface area contributed by atoms with Crippen LogP contribution < -0.4 is 0 Å². The second-order valence-electron chi connectivity index (χ2n) is 3.06. The Morgan fingerprint density at radius 1 is 1.64 bits per heavy atom. The third-order valence-electron chi connectivity index (χ3n) is 2.02. The van der Waals surface area contributed by atoms with Gasteiger partial charge < -0.3 is 4.79 Å². The topological polar surface area (TPSA) is 17.1 Å². The van der Waals surface area contributed by atoms with E-state index in [0.717, 1.165) is 6.29 Å². The minimum absolute atomic E-state index is 0.166. The highest BCUT2D eigenvalue weighted by Gasteiger charge is 2.16. The van der Waals surface area contributed by atoms with E-state index in [1.165, 1.54) is 12.1 Å². The first kappa shape index (κ1) is 11.7. The maximum absolute atomic E-state index is 13.4. The molecule has 0 bridgehead atoms. The van der Waals surface area contributed by atoms with Gasteiger partial charge in [0, 0.05) is 16.5 Å². The quantitative estimate of drug-likeness (QED) is 0.605. The number of benzene rings is 1. The molecule has 1 nitrogen and oxygen atoms in total. The molecule has 0 heterocycles. The van der Waals surface area contributed by atoms with Crippen LogP contribution in [0.2, 0.25) is 5.02 Å². The first-order valence-electron chi connectivity index (χ1n) is 4.15. The van der Waals surface area contributed by atoms with Gasteiger partial charge in [-0.15, -0.1) is 0 Å². The van der Waals surface area contributed by atoms with E-state index in [1.54, 1.807) is 6.92 Å². The van der Waals surface area contributed by atoms with Crippen molar-refractivity contribution in [3.63, 3.8) is 0 Å². The second kappa shape index (κ2) is 4.89. The summed E-state index contributed by atoms with van der Waals surface area (Å²) in [5, 5.41) is 0.458. The van der Waals surface area contributed by atoms with E-state index in [1.807, 2.05) is 0 Å². The van der Waals surface area contributed by atoms with E-state index in [-0.39, 0.29) is 18.2 Å². The highest BCUT2D eigenvalue weighted by molar-refractivity contribution is 9.10. The van der Waals surface area contributed by atoms with Crippen molar-refractivity contribution in [3.8, 4) is 0 Å². The van der Waals surface area contributed by atoms with Gasteiger partial charge in [0.2, 0.25) is 0 Å². The normalized spacial score (nSPS) is 12.6. The van der Waals surface area contributed by atoms with Crippen LogP contribution in [0.1, 0.15) is 24.8 Å². The second-order valence-corrected chi connectivity index (χ2v) is 4.26. The molecular weight excluding hydrogens is 270 g/mol. The molecule has 1 rings (SSSR count). The zero-order chi connectivity index (χ0) is 10.7. The predicted octanol–water partition coefficient (Wildman–Crippen LogP) is 3.93. The fourth-order valence-electron chi connectivity index (χ4n) is 1.26. The van der Waals surface area contributed by atoms with Crippen molar-refractivity contribution in [1.29, 1.82) is 0 Å². The standard InChI is InChI=1S/C10H9BrClFO/c1-6(4-5-14)9-8(13)3-2-7(12)10(9)11/h2-3,5-6H,4H2,1H3. The van der Waals surface area contributed by atoms with Crippen LogP contribution in [-0.4, -0.2) is 6.29 Å². The van der Waals surface area contributed by atoms with Gasteiger partial charge in [0.1, 0.15) is 12.1 Å². The Balaban J connectivity index is 3.17. The number of rotatable bonds is 3. The molecule has 76 valence electrons. The predicted molar refractivity (Wildman–Crippen MR) is 58.2 cm³/mol. The third-order valence-corrected chi connectivity index (χ3v) is 3.42. The van der Waals surface area contributed by atoms with Gasteiger partial charge in [0.15, 0.2) is 0 Å². The number of hydrogen-bond acceptors (Lipinski definition) is 1. The third kappa shape index (κ3) is 2.34. The summed E-state index contributed by atoms with van der Waals surface area (Å²) in [5.41, 5.74) is 0.463.